The molecular weight excluding hydrogens is 433 g/mol. The minimum Gasteiger partial charge on any atom is -0.384 e. The number of nitrogens with zero attached hydrogens (tertiary/aromatic N) is 5. The summed E-state index contributed by atoms with van der Waals surface area (Å²) in [6.45, 7) is 8.09. The van der Waals surface area contributed by atoms with Crippen LogP contribution in [-0.2, 0) is 5.60 Å². The zero-order valence-corrected chi connectivity index (χ0v) is 19.6. The molecule has 3 aromatic rings. The van der Waals surface area contributed by atoms with Gasteiger partial charge in [-0.25, -0.2) is 19.3 Å². The van der Waals surface area contributed by atoms with Gasteiger partial charge in [0, 0.05) is 56.0 Å². The summed E-state index contributed by atoms with van der Waals surface area (Å²) in [4.78, 5) is 30.6. The van der Waals surface area contributed by atoms with Gasteiger partial charge in [-0.05, 0) is 44.5 Å². The van der Waals surface area contributed by atoms with Gasteiger partial charge < -0.3 is 14.9 Å². The fourth-order valence-corrected chi connectivity index (χ4v) is 5.18. The highest BCUT2D eigenvalue weighted by Crippen LogP contribution is 2.36. The number of benzene rings is 1. The molecule has 0 bridgehead atoms. The van der Waals surface area contributed by atoms with E-state index in [1.165, 1.54) is 6.07 Å². The van der Waals surface area contributed by atoms with Crippen LogP contribution < -0.4 is 4.90 Å². The zero-order valence-electron chi connectivity index (χ0n) is 19.6. The quantitative estimate of drug-likeness (QED) is 0.641. The topological polar surface area (TPSA) is 82.5 Å². The lowest BCUT2D eigenvalue weighted by Gasteiger charge is -2.25. The van der Waals surface area contributed by atoms with Crippen molar-refractivity contribution in [2.24, 2.45) is 11.8 Å². The van der Waals surface area contributed by atoms with Gasteiger partial charge in [0.1, 0.15) is 17.2 Å². The Labute approximate surface area is 198 Å². The number of pyridine rings is 1. The summed E-state index contributed by atoms with van der Waals surface area (Å²) in [5.74, 6) is 0.856. The second kappa shape index (κ2) is 8.43. The Kier molecular flexibility index (Phi) is 5.56. The Hall–Kier alpha value is -3.39. The van der Waals surface area contributed by atoms with Crippen LogP contribution in [0, 0.1) is 24.6 Å². The molecule has 5 rings (SSSR count). The number of fused-ring (bicyclic) bond motifs is 1. The van der Waals surface area contributed by atoms with Crippen LogP contribution in [0.15, 0.2) is 48.8 Å². The molecule has 0 spiro atoms. The highest BCUT2D eigenvalue weighted by atomic mass is 19.1. The first kappa shape index (κ1) is 22.4. The van der Waals surface area contributed by atoms with Crippen molar-refractivity contribution in [2.45, 2.75) is 26.4 Å². The summed E-state index contributed by atoms with van der Waals surface area (Å²) >= 11 is 0. The van der Waals surface area contributed by atoms with Crippen molar-refractivity contribution in [3.63, 3.8) is 0 Å². The lowest BCUT2D eigenvalue weighted by molar-refractivity contribution is 0.0730. The number of carbonyl (C=O) groups is 1. The van der Waals surface area contributed by atoms with Crippen LogP contribution in [0.25, 0.3) is 11.4 Å². The smallest absolute Gasteiger partial charge is 0.257 e. The fourth-order valence-electron chi connectivity index (χ4n) is 5.18. The number of rotatable bonds is 4. The maximum absolute atomic E-state index is 14.8. The Balaban J connectivity index is 1.34. The zero-order chi connectivity index (χ0) is 24.0. The molecule has 2 aromatic heterocycles. The second-order valence-corrected chi connectivity index (χ2v) is 9.76. The van der Waals surface area contributed by atoms with Crippen molar-refractivity contribution < 1.29 is 14.3 Å². The monoisotopic (exact) mass is 461 g/mol. The number of carbonyl (C=O) groups excluding carboxylic acids is 1. The van der Waals surface area contributed by atoms with Crippen LogP contribution in [-0.4, -0.2) is 57.0 Å². The number of hydrogen-bond donors (Lipinski definition) is 1. The van der Waals surface area contributed by atoms with E-state index < -0.39 is 11.4 Å². The lowest BCUT2D eigenvalue weighted by atomic mass is 10.0. The van der Waals surface area contributed by atoms with Crippen molar-refractivity contribution in [1.29, 1.82) is 0 Å². The number of anilines is 1. The third-order valence-electron chi connectivity index (χ3n) is 6.79. The van der Waals surface area contributed by atoms with E-state index in [1.54, 1.807) is 49.3 Å². The summed E-state index contributed by atoms with van der Waals surface area (Å²) in [6, 6.07) is 10.2. The van der Waals surface area contributed by atoms with Crippen molar-refractivity contribution >= 4 is 11.7 Å². The van der Waals surface area contributed by atoms with Gasteiger partial charge >= 0.3 is 0 Å². The van der Waals surface area contributed by atoms with Gasteiger partial charge in [0.05, 0.1) is 11.3 Å². The van der Waals surface area contributed by atoms with Crippen molar-refractivity contribution in [3.8, 4) is 11.4 Å². The third kappa shape index (κ3) is 4.03. The Morgan fingerprint density at radius 1 is 1.03 bits per heavy atom. The van der Waals surface area contributed by atoms with Crippen LogP contribution in [0.3, 0.4) is 0 Å². The number of likely N-dealkylation sites (tertiary alicyclic amines) is 1. The van der Waals surface area contributed by atoms with E-state index in [4.69, 9.17) is 4.98 Å². The molecule has 1 aromatic carbocycles. The van der Waals surface area contributed by atoms with Gasteiger partial charge in [-0.1, -0.05) is 18.2 Å². The molecule has 0 unspecified atom stereocenters. The van der Waals surface area contributed by atoms with Crippen molar-refractivity contribution in [1.82, 2.24) is 19.9 Å². The molecule has 0 aliphatic carbocycles. The first-order valence-electron chi connectivity index (χ1n) is 11.5. The van der Waals surface area contributed by atoms with Crippen LogP contribution in [0.2, 0.25) is 0 Å². The molecule has 2 fully saturated rings. The largest absolute Gasteiger partial charge is 0.384 e. The summed E-state index contributed by atoms with van der Waals surface area (Å²) in [7, 11) is 0. The van der Waals surface area contributed by atoms with E-state index in [1.807, 2.05) is 19.1 Å². The van der Waals surface area contributed by atoms with Crippen LogP contribution in [0.1, 0.15) is 35.5 Å². The van der Waals surface area contributed by atoms with E-state index in [0.29, 0.717) is 30.2 Å². The van der Waals surface area contributed by atoms with E-state index in [2.05, 4.69) is 14.9 Å². The first-order valence-corrected chi connectivity index (χ1v) is 11.5. The number of hydrogen-bond acceptors (Lipinski definition) is 6. The molecule has 2 saturated heterocycles. The summed E-state index contributed by atoms with van der Waals surface area (Å²) in [5.41, 5.74) is 1.05. The summed E-state index contributed by atoms with van der Waals surface area (Å²) in [5, 5.41) is 10.5. The van der Waals surface area contributed by atoms with Crippen LogP contribution in [0.4, 0.5) is 10.2 Å². The molecule has 1 amide bonds. The van der Waals surface area contributed by atoms with Crippen LogP contribution >= 0.6 is 0 Å². The molecule has 176 valence electrons. The molecule has 2 atom stereocenters. The number of amides is 1. The number of aliphatic hydroxyl groups is 1. The SMILES string of the molecule is Cc1ccc(N2C[C@H]3CN(C(=O)c4c(F)cccc4-c4ncccn4)C[C@H]3C2)nc1C(C)(C)O. The van der Waals surface area contributed by atoms with Crippen molar-refractivity contribution in [3.05, 3.63) is 71.4 Å². The van der Waals surface area contributed by atoms with Gasteiger partial charge in [-0.3, -0.25) is 4.79 Å². The predicted octanol–water partition coefficient (Wildman–Crippen LogP) is 3.42. The number of aryl methyl sites for hydroxylation is 1. The van der Waals surface area contributed by atoms with Gasteiger partial charge in [-0.15, -0.1) is 0 Å². The van der Waals surface area contributed by atoms with Gasteiger partial charge in [0.15, 0.2) is 5.82 Å². The molecule has 7 nitrogen and oxygen atoms in total. The second-order valence-electron chi connectivity index (χ2n) is 9.76. The Morgan fingerprint density at radius 2 is 1.71 bits per heavy atom. The molecule has 1 N–H and O–H groups in total. The lowest BCUT2D eigenvalue weighted by Crippen LogP contribution is -2.34. The van der Waals surface area contributed by atoms with E-state index in [-0.39, 0.29) is 23.3 Å². The van der Waals surface area contributed by atoms with Gasteiger partial charge in [0.2, 0.25) is 0 Å². The molecule has 34 heavy (non-hydrogen) atoms. The Morgan fingerprint density at radius 3 is 2.35 bits per heavy atom. The van der Waals surface area contributed by atoms with E-state index in [9.17, 15) is 14.3 Å². The van der Waals surface area contributed by atoms with Gasteiger partial charge in [0.25, 0.3) is 5.91 Å². The Bertz CT molecular complexity index is 1210. The average Bonchev–Trinajstić information content (AvgIpc) is 3.38. The van der Waals surface area contributed by atoms with Crippen LogP contribution in [0.5, 0.6) is 0 Å². The number of halogens is 1. The third-order valence-corrected chi connectivity index (χ3v) is 6.79. The highest BCUT2D eigenvalue weighted by Gasteiger charge is 2.43. The minimum absolute atomic E-state index is 0.0283. The molecule has 4 heterocycles. The standard InChI is InChI=1S/C26H28FN5O2/c1-16-8-9-21(30-23(16)26(2,3)34)31-12-17-14-32(15-18(17)13-31)25(33)22-19(6-4-7-20(22)27)24-28-10-5-11-29-24/h4-11,17-18,34H,12-15H2,1-3H3/t17-,18+. The average molecular weight is 462 g/mol. The molecule has 2 aliphatic heterocycles. The summed E-state index contributed by atoms with van der Waals surface area (Å²) in [6.07, 6.45) is 3.16. The normalized spacial score (nSPS) is 20.0. The summed E-state index contributed by atoms with van der Waals surface area (Å²) < 4.78 is 14.8. The predicted molar refractivity (Wildman–Crippen MR) is 127 cm³/mol. The minimum atomic E-state index is -1.02. The molecule has 8 heteroatoms. The molecule has 2 aliphatic rings. The van der Waals surface area contributed by atoms with Gasteiger partial charge in [-0.2, -0.15) is 0 Å². The molecule has 0 saturated carbocycles. The fraction of sp³-hybridized carbons (Fsp3) is 0.385. The van der Waals surface area contributed by atoms with E-state index >= 15 is 0 Å². The molecule has 0 radical (unpaired) electrons. The van der Waals surface area contributed by atoms with Crippen molar-refractivity contribution in [2.75, 3.05) is 31.1 Å². The van der Waals surface area contributed by atoms with E-state index in [0.717, 1.165) is 24.5 Å². The first-order chi connectivity index (χ1) is 16.2. The number of aromatic nitrogens is 3. The highest BCUT2D eigenvalue weighted by molar-refractivity contribution is 6.00. The maximum atomic E-state index is 14.8. The molecular formula is C26H28FN5O2. The maximum Gasteiger partial charge on any atom is 0.257 e.